The summed E-state index contributed by atoms with van der Waals surface area (Å²) in [4.78, 5) is 39.2. The van der Waals surface area contributed by atoms with Gasteiger partial charge in [-0.3, -0.25) is 9.59 Å². The Morgan fingerprint density at radius 3 is 2.76 bits per heavy atom. The van der Waals surface area contributed by atoms with Crippen LogP contribution in [0.3, 0.4) is 0 Å². The summed E-state index contributed by atoms with van der Waals surface area (Å²) >= 11 is 0. The summed E-state index contributed by atoms with van der Waals surface area (Å²) in [5, 5.41) is 9.32. The van der Waals surface area contributed by atoms with E-state index in [0.717, 1.165) is 11.3 Å². The second-order valence-electron chi connectivity index (χ2n) is 6.42. The summed E-state index contributed by atoms with van der Waals surface area (Å²) in [5.74, 6) is -1.28. The molecular weight excluding hydrogens is 324 g/mol. The zero-order valence-electron chi connectivity index (χ0n) is 14.2. The molecule has 7 heteroatoms. The largest absolute Gasteiger partial charge is 0.480 e. The number of para-hydroxylation sites is 1. The van der Waals surface area contributed by atoms with Crippen LogP contribution in [0.15, 0.2) is 24.3 Å². The molecule has 1 fully saturated rings. The van der Waals surface area contributed by atoms with E-state index in [-0.39, 0.29) is 37.4 Å². The fourth-order valence-corrected chi connectivity index (χ4v) is 3.57. The number of carboxylic acid groups (broad SMARTS) is 1. The first-order valence-corrected chi connectivity index (χ1v) is 8.44. The van der Waals surface area contributed by atoms with Crippen molar-refractivity contribution in [3.05, 3.63) is 29.8 Å². The molecule has 0 aromatic heterocycles. The molecule has 134 valence electrons. The predicted molar refractivity (Wildman–Crippen MR) is 90.3 cm³/mol. The van der Waals surface area contributed by atoms with Crippen LogP contribution in [0.4, 0.5) is 5.69 Å². The summed E-state index contributed by atoms with van der Waals surface area (Å²) in [6.07, 6.45) is 1.27. The third kappa shape index (κ3) is 3.51. The standard InChI is InChI=1S/C18H22N2O5/c1-25-13-10-15(18(23)24)20(11-13)17(22)8-9-19-14-5-3-2-4-12(14)6-7-16(19)21/h2-5,13,15H,6-11H2,1H3,(H,23,24). The number of carboxylic acids is 1. The van der Waals surface area contributed by atoms with E-state index in [1.54, 1.807) is 4.90 Å². The van der Waals surface area contributed by atoms with Gasteiger partial charge in [-0.05, 0) is 18.1 Å². The lowest BCUT2D eigenvalue weighted by Gasteiger charge is -2.30. The lowest BCUT2D eigenvalue weighted by atomic mass is 10.0. The van der Waals surface area contributed by atoms with Gasteiger partial charge < -0.3 is 19.6 Å². The number of aryl methyl sites for hydroxylation is 1. The molecule has 1 aromatic rings. The average Bonchev–Trinajstić information content (AvgIpc) is 3.05. The Hall–Kier alpha value is -2.41. The second-order valence-corrected chi connectivity index (χ2v) is 6.42. The number of anilines is 1. The number of fused-ring (bicyclic) bond motifs is 1. The van der Waals surface area contributed by atoms with Crippen molar-refractivity contribution in [3.63, 3.8) is 0 Å². The maximum atomic E-state index is 12.6. The maximum absolute atomic E-state index is 12.6. The quantitative estimate of drug-likeness (QED) is 0.861. The normalized spacial score (nSPS) is 22.8. The van der Waals surface area contributed by atoms with Crippen molar-refractivity contribution in [2.45, 2.75) is 37.8 Å². The van der Waals surface area contributed by atoms with E-state index in [9.17, 15) is 19.5 Å². The number of rotatable bonds is 5. The number of hydrogen-bond acceptors (Lipinski definition) is 4. The summed E-state index contributed by atoms with van der Waals surface area (Å²) in [5.41, 5.74) is 1.94. The molecule has 25 heavy (non-hydrogen) atoms. The van der Waals surface area contributed by atoms with Crippen LogP contribution in [-0.4, -0.2) is 60.1 Å². The van der Waals surface area contributed by atoms with Gasteiger partial charge in [0.1, 0.15) is 6.04 Å². The van der Waals surface area contributed by atoms with Gasteiger partial charge in [-0.2, -0.15) is 0 Å². The van der Waals surface area contributed by atoms with Gasteiger partial charge in [0, 0.05) is 45.1 Å². The van der Waals surface area contributed by atoms with Gasteiger partial charge in [0.2, 0.25) is 11.8 Å². The van der Waals surface area contributed by atoms with Gasteiger partial charge in [0.25, 0.3) is 0 Å². The fraction of sp³-hybridized carbons (Fsp3) is 0.500. The molecule has 0 spiro atoms. The number of amides is 2. The van der Waals surface area contributed by atoms with E-state index in [4.69, 9.17) is 4.74 Å². The number of methoxy groups -OCH3 is 1. The van der Waals surface area contributed by atoms with E-state index in [1.807, 2.05) is 24.3 Å². The summed E-state index contributed by atoms with van der Waals surface area (Å²) in [6, 6.07) is 6.82. The smallest absolute Gasteiger partial charge is 0.326 e. The van der Waals surface area contributed by atoms with Crippen LogP contribution >= 0.6 is 0 Å². The van der Waals surface area contributed by atoms with Crippen LogP contribution in [0.1, 0.15) is 24.8 Å². The highest BCUT2D eigenvalue weighted by Crippen LogP contribution is 2.28. The molecule has 7 nitrogen and oxygen atoms in total. The minimum absolute atomic E-state index is 0.00234. The van der Waals surface area contributed by atoms with Gasteiger partial charge in [0.15, 0.2) is 0 Å². The first-order chi connectivity index (χ1) is 12.0. The summed E-state index contributed by atoms with van der Waals surface area (Å²) < 4.78 is 5.21. The fourth-order valence-electron chi connectivity index (χ4n) is 3.57. The van der Waals surface area contributed by atoms with E-state index in [1.165, 1.54) is 12.0 Å². The third-order valence-corrected chi connectivity index (χ3v) is 4.94. The minimum Gasteiger partial charge on any atom is -0.480 e. The zero-order valence-corrected chi connectivity index (χ0v) is 14.2. The second kappa shape index (κ2) is 7.23. The van der Waals surface area contributed by atoms with Gasteiger partial charge >= 0.3 is 5.97 Å². The number of carbonyl (C=O) groups excluding carboxylic acids is 2. The van der Waals surface area contributed by atoms with Crippen molar-refractivity contribution in [2.24, 2.45) is 0 Å². The molecule has 3 rings (SSSR count). The highest BCUT2D eigenvalue weighted by molar-refractivity contribution is 5.97. The molecule has 2 aliphatic heterocycles. The Labute approximate surface area is 146 Å². The molecule has 2 heterocycles. The Balaban J connectivity index is 1.68. The Bertz CT molecular complexity index is 690. The molecule has 1 N–H and O–H groups in total. The molecule has 0 saturated carbocycles. The number of ether oxygens (including phenoxy) is 1. The molecule has 2 amide bonds. The van der Waals surface area contributed by atoms with Crippen LogP contribution in [0.25, 0.3) is 0 Å². The molecule has 2 atom stereocenters. The summed E-state index contributed by atoms with van der Waals surface area (Å²) in [7, 11) is 1.51. The monoisotopic (exact) mass is 346 g/mol. The molecule has 0 bridgehead atoms. The number of carbonyl (C=O) groups is 3. The van der Waals surface area contributed by atoms with E-state index < -0.39 is 12.0 Å². The lowest BCUT2D eigenvalue weighted by molar-refractivity contribution is -0.148. The number of hydrogen-bond donors (Lipinski definition) is 1. The molecule has 2 unspecified atom stereocenters. The minimum atomic E-state index is -1.02. The lowest BCUT2D eigenvalue weighted by Crippen LogP contribution is -2.43. The van der Waals surface area contributed by atoms with Crippen LogP contribution in [0, 0.1) is 0 Å². The number of nitrogens with zero attached hydrogens (tertiary/aromatic N) is 2. The van der Waals surface area contributed by atoms with Crippen LogP contribution in [0.2, 0.25) is 0 Å². The summed E-state index contributed by atoms with van der Waals surface area (Å²) in [6.45, 7) is 0.534. The third-order valence-electron chi connectivity index (χ3n) is 4.94. The van der Waals surface area contributed by atoms with E-state index in [0.29, 0.717) is 19.3 Å². The maximum Gasteiger partial charge on any atom is 0.326 e. The Kier molecular flexibility index (Phi) is 5.03. The van der Waals surface area contributed by atoms with Crippen LogP contribution in [0.5, 0.6) is 0 Å². The molecule has 0 aliphatic carbocycles. The van der Waals surface area contributed by atoms with Crippen molar-refractivity contribution in [3.8, 4) is 0 Å². The van der Waals surface area contributed by atoms with Gasteiger partial charge in [-0.1, -0.05) is 18.2 Å². The van der Waals surface area contributed by atoms with Gasteiger partial charge in [-0.15, -0.1) is 0 Å². The van der Waals surface area contributed by atoms with Gasteiger partial charge in [0.05, 0.1) is 6.10 Å². The number of benzene rings is 1. The zero-order chi connectivity index (χ0) is 18.0. The highest BCUT2D eigenvalue weighted by atomic mass is 16.5. The first kappa shape index (κ1) is 17.4. The Morgan fingerprint density at radius 1 is 1.28 bits per heavy atom. The molecule has 1 aromatic carbocycles. The van der Waals surface area contributed by atoms with Crippen molar-refractivity contribution >= 4 is 23.5 Å². The van der Waals surface area contributed by atoms with Crippen molar-refractivity contribution < 1.29 is 24.2 Å². The molecule has 0 radical (unpaired) electrons. The molecular formula is C18H22N2O5. The van der Waals surface area contributed by atoms with Crippen LogP contribution in [-0.2, 0) is 25.5 Å². The van der Waals surface area contributed by atoms with Crippen molar-refractivity contribution in [1.82, 2.24) is 4.90 Å². The number of likely N-dealkylation sites (tertiary alicyclic amines) is 1. The molecule has 2 aliphatic rings. The SMILES string of the molecule is COC1CC(C(=O)O)N(C(=O)CCN2C(=O)CCc3ccccc32)C1. The predicted octanol–water partition coefficient (Wildman–Crippen LogP) is 1.06. The molecule has 1 saturated heterocycles. The van der Waals surface area contributed by atoms with Gasteiger partial charge in [-0.25, -0.2) is 4.79 Å². The van der Waals surface area contributed by atoms with E-state index >= 15 is 0 Å². The van der Waals surface area contributed by atoms with Crippen molar-refractivity contribution in [1.29, 1.82) is 0 Å². The van der Waals surface area contributed by atoms with E-state index in [2.05, 4.69) is 0 Å². The highest BCUT2D eigenvalue weighted by Gasteiger charge is 2.39. The number of aliphatic carboxylic acids is 1. The first-order valence-electron chi connectivity index (χ1n) is 8.44. The topological polar surface area (TPSA) is 87.2 Å². The Morgan fingerprint density at radius 2 is 2.04 bits per heavy atom. The van der Waals surface area contributed by atoms with Crippen LogP contribution < -0.4 is 4.90 Å². The van der Waals surface area contributed by atoms with Crippen molar-refractivity contribution in [2.75, 3.05) is 25.1 Å². The average molecular weight is 346 g/mol.